The van der Waals surface area contributed by atoms with Crippen LogP contribution >= 0.6 is 0 Å². The molecule has 0 aliphatic heterocycles. The highest BCUT2D eigenvalue weighted by Gasteiger charge is 2.18. The topological polar surface area (TPSA) is 88.1 Å². The zero-order chi connectivity index (χ0) is 16.5. The summed E-state index contributed by atoms with van der Waals surface area (Å²) in [7, 11) is 2.64. The van der Waals surface area contributed by atoms with Crippen molar-refractivity contribution < 1.29 is 33.3 Å². The molecule has 0 radical (unpaired) electrons. The van der Waals surface area contributed by atoms with Gasteiger partial charge in [-0.05, 0) is 31.2 Å². The van der Waals surface area contributed by atoms with Gasteiger partial charge in [0.1, 0.15) is 17.6 Å². The first kappa shape index (κ1) is 17.5. The predicted molar refractivity (Wildman–Crippen MR) is 75.7 cm³/mol. The number of hydrogen-bond acceptors (Lipinski definition) is 7. The van der Waals surface area contributed by atoms with Gasteiger partial charge in [-0.2, -0.15) is 0 Å². The lowest BCUT2D eigenvalue weighted by Gasteiger charge is -2.14. The molecule has 1 atom stereocenters. The zero-order valence-corrected chi connectivity index (χ0v) is 12.7. The Morgan fingerprint density at radius 3 is 2.18 bits per heavy atom. The van der Waals surface area contributed by atoms with Crippen LogP contribution in [0.3, 0.4) is 0 Å². The van der Waals surface area contributed by atoms with Gasteiger partial charge < -0.3 is 18.9 Å². The molecule has 22 heavy (non-hydrogen) atoms. The average Bonchev–Trinajstić information content (AvgIpc) is 2.52. The van der Waals surface area contributed by atoms with Crippen LogP contribution in [0.5, 0.6) is 11.5 Å². The summed E-state index contributed by atoms with van der Waals surface area (Å²) in [6.45, 7) is 1.05. The van der Waals surface area contributed by atoms with Crippen LogP contribution in [0.1, 0.15) is 13.3 Å². The number of esters is 2. The van der Waals surface area contributed by atoms with Crippen LogP contribution in [0, 0.1) is 0 Å². The third kappa shape index (κ3) is 5.82. The van der Waals surface area contributed by atoms with Crippen LogP contribution in [0.15, 0.2) is 24.3 Å². The number of carbonyl (C=O) groups excluding carboxylic acids is 3. The number of carbonyl (C=O) groups is 3. The first-order chi connectivity index (χ1) is 10.5. The van der Waals surface area contributed by atoms with E-state index < -0.39 is 30.4 Å². The number of hydrogen-bond donors (Lipinski definition) is 0. The predicted octanol–water partition coefficient (Wildman–Crippen LogP) is 1.14. The third-order valence-electron chi connectivity index (χ3n) is 2.63. The summed E-state index contributed by atoms with van der Waals surface area (Å²) in [4.78, 5) is 33.5. The molecular weight excluding hydrogens is 292 g/mol. The van der Waals surface area contributed by atoms with E-state index in [1.807, 2.05) is 0 Å². The molecule has 120 valence electrons. The van der Waals surface area contributed by atoms with Gasteiger partial charge in [-0.25, -0.2) is 4.79 Å². The Labute approximate surface area is 128 Å². The minimum absolute atomic E-state index is 0.0551. The molecule has 0 aromatic heterocycles. The molecule has 1 rings (SSSR count). The Kier molecular flexibility index (Phi) is 6.88. The number of ketones is 1. The van der Waals surface area contributed by atoms with Gasteiger partial charge in [0.2, 0.25) is 0 Å². The average molecular weight is 310 g/mol. The van der Waals surface area contributed by atoms with Gasteiger partial charge in [0.05, 0.1) is 20.6 Å². The summed E-state index contributed by atoms with van der Waals surface area (Å²) in [5.41, 5.74) is 0. The minimum atomic E-state index is -1.05. The van der Waals surface area contributed by atoms with Crippen molar-refractivity contribution in [1.29, 1.82) is 0 Å². The minimum Gasteiger partial charge on any atom is -0.497 e. The number of ether oxygens (including phenoxy) is 4. The number of benzene rings is 1. The van der Waals surface area contributed by atoms with Gasteiger partial charge in [0.25, 0.3) is 5.78 Å². The van der Waals surface area contributed by atoms with E-state index in [-0.39, 0.29) is 6.42 Å². The van der Waals surface area contributed by atoms with Crippen LogP contribution < -0.4 is 9.47 Å². The summed E-state index contributed by atoms with van der Waals surface area (Å²) < 4.78 is 19.4. The molecule has 1 aromatic carbocycles. The van der Waals surface area contributed by atoms with E-state index in [0.29, 0.717) is 11.5 Å². The van der Waals surface area contributed by atoms with Gasteiger partial charge in [-0.15, -0.1) is 0 Å². The van der Waals surface area contributed by atoms with Crippen LogP contribution in [-0.2, 0) is 23.9 Å². The molecular formula is C15H18O7. The third-order valence-corrected chi connectivity index (χ3v) is 2.63. The van der Waals surface area contributed by atoms with Crippen molar-refractivity contribution in [1.82, 2.24) is 0 Å². The molecule has 0 aliphatic rings. The van der Waals surface area contributed by atoms with E-state index in [1.54, 1.807) is 38.3 Å². The molecule has 1 unspecified atom stereocenters. The Morgan fingerprint density at radius 1 is 1.05 bits per heavy atom. The molecule has 1 aromatic rings. The first-order valence-electron chi connectivity index (χ1n) is 6.53. The lowest BCUT2D eigenvalue weighted by Crippen LogP contribution is -2.25. The van der Waals surface area contributed by atoms with Crippen molar-refractivity contribution in [3.63, 3.8) is 0 Å². The molecule has 0 heterocycles. The van der Waals surface area contributed by atoms with Crippen molar-refractivity contribution in [3.05, 3.63) is 24.3 Å². The second-order valence-corrected chi connectivity index (χ2v) is 4.38. The van der Waals surface area contributed by atoms with Crippen molar-refractivity contribution in [3.8, 4) is 11.5 Å². The molecule has 0 saturated carbocycles. The van der Waals surface area contributed by atoms with E-state index in [1.165, 1.54) is 0 Å². The van der Waals surface area contributed by atoms with E-state index in [4.69, 9.17) is 9.47 Å². The van der Waals surface area contributed by atoms with Crippen molar-refractivity contribution in [2.45, 2.75) is 19.4 Å². The largest absolute Gasteiger partial charge is 0.497 e. The Bertz CT molecular complexity index is 521. The summed E-state index contributed by atoms with van der Waals surface area (Å²) in [5.74, 6) is -1.33. The number of Topliss-reactive ketones (excluding diaryl/α,β-unsaturated/α-hetero) is 1. The molecule has 7 heteroatoms. The van der Waals surface area contributed by atoms with E-state index in [9.17, 15) is 14.4 Å². The Morgan fingerprint density at radius 2 is 1.64 bits per heavy atom. The molecule has 0 amide bonds. The Hall–Kier alpha value is -2.57. The van der Waals surface area contributed by atoms with Gasteiger partial charge in [-0.1, -0.05) is 0 Å². The van der Waals surface area contributed by atoms with Crippen molar-refractivity contribution in [2.24, 2.45) is 0 Å². The molecule has 0 bridgehead atoms. The van der Waals surface area contributed by atoms with Crippen LogP contribution in [0.4, 0.5) is 0 Å². The van der Waals surface area contributed by atoms with Gasteiger partial charge in [0.15, 0.2) is 6.61 Å². The highest BCUT2D eigenvalue weighted by molar-refractivity contribution is 6.34. The monoisotopic (exact) mass is 310 g/mol. The van der Waals surface area contributed by atoms with Crippen molar-refractivity contribution in [2.75, 3.05) is 20.8 Å². The summed E-state index contributed by atoms with van der Waals surface area (Å²) in [5, 5.41) is 0. The normalized spacial score (nSPS) is 11.2. The maximum absolute atomic E-state index is 11.5. The molecule has 0 saturated heterocycles. The van der Waals surface area contributed by atoms with Gasteiger partial charge >= 0.3 is 11.9 Å². The first-order valence-corrected chi connectivity index (χ1v) is 6.53. The van der Waals surface area contributed by atoms with E-state index in [0.717, 1.165) is 7.11 Å². The van der Waals surface area contributed by atoms with Crippen LogP contribution in [0.25, 0.3) is 0 Å². The highest BCUT2D eigenvalue weighted by Crippen LogP contribution is 2.18. The number of rotatable bonds is 8. The quantitative estimate of drug-likeness (QED) is 0.525. The van der Waals surface area contributed by atoms with Crippen molar-refractivity contribution >= 4 is 17.7 Å². The standard InChI is InChI=1S/C15H18O7/c1-10(22-12-6-4-11(19-2)5-7-12)8-14(17)21-9-13(16)15(18)20-3/h4-7,10H,8-9H2,1-3H3. The lowest BCUT2D eigenvalue weighted by molar-refractivity contribution is -0.158. The highest BCUT2D eigenvalue weighted by atomic mass is 16.6. The van der Waals surface area contributed by atoms with Crippen LogP contribution in [0.2, 0.25) is 0 Å². The molecule has 0 spiro atoms. The lowest BCUT2D eigenvalue weighted by atomic mass is 10.2. The second-order valence-electron chi connectivity index (χ2n) is 4.38. The summed E-state index contributed by atoms with van der Waals surface area (Å²) in [6.07, 6.45) is -0.505. The van der Waals surface area contributed by atoms with Crippen LogP contribution in [-0.4, -0.2) is 44.7 Å². The fourth-order valence-corrected chi connectivity index (χ4v) is 1.54. The van der Waals surface area contributed by atoms with E-state index >= 15 is 0 Å². The molecule has 7 nitrogen and oxygen atoms in total. The van der Waals surface area contributed by atoms with E-state index in [2.05, 4.69) is 9.47 Å². The second kappa shape index (κ2) is 8.66. The maximum atomic E-state index is 11.5. The molecule has 0 aliphatic carbocycles. The number of methoxy groups -OCH3 is 2. The van der Waals surface area contributed by atoms with Gasteiger partial charge in [0, 0.05) is 0 Å². The molecule has 0 fully saturated rings. The molecule has 0 N–H and O–H groups in total. The van der Waals surface area contributed by atoms with Gasteiger partial charge in [-0.3, -0.25) is 9.59 Å². The smallest absolute Gasteiger partial charge is 0.378 e. The zero-order valence-electron chi connectivity index (χ0n) is 12.7. The Balaban J connectivity index is 2.37. The maximum Gasteiger partial charge on any atom is 0.378 e. The fraction of sp³-hybridized carbons (Fsp3) is 0.400. The fourth-order valence-electron chi connectivity index (χ4n) is 1.54. The summed E-state index contributed by atoms with van der Waals surface area (Å²) >= 11 is 0. The summed E-state index contributed by atoms with van der Waals surface area (Å²) in [6, 6.07) is 6.88. The SMILES string of the molecule is COC(=O)C(=O)COC(=O)CC(C)Oc1ccc(OC)cc1.